The molecule has 0 heterocycles. The maximum Gasteiger partial charge on any atom is 0.140 e. The number of hydrogen-bond donors (Lipinski definition) is 3. The van der Waals surface area contributed by atoms with Crippen molar-refractivity contribution in [1.29, 1.82) is 0 Å². The summed E-state index contributed by atoms with van der Waals surface area (Å²) in [6, 6.07) is 4.13. The first kappa shape index (κ1) is 11.6. The second-order valence-corrected chi connectivity index (χ2v) is 3.36. The SMILES string of the molecule is N/C(CCNc1cc(F)cc(Cl)c1)=N/O. The van der Waals surface area contributed by atoms with E-state index in [0.717, 1.165) is 0 Å². The third-order valence-electron chi connectivity index (χ3n) is 1.70. The molecular formula is C9H11ClFN3O. The third-order valence-corrected chi connectivity index (χ3v) is 1.92. The zero-order valence-corrected chi connectivity index (χ0v) is 8.63. The zero-order chi connectivity index (χ0) is 11.3. The zero-order valence-electron chi connectivity index (χ0n) is 7.87. The second kappa shape index (κ2) is 5.41. The number of oxime groups is 1. The van der Waals surface area contributed by atoms with E-state index in [1.165, 1.54) is 12.1 Å². The van der Waals surface area contributed by atoms with Crippen molar-refractivity contribution < 1.29 is 9.60 Å². The summed E-state index contributed by atoms with van der Waals surface area (Å²) in [5, 5.41) is 14.3. The smallest absolute Gasteiger partial charge is 0.140 e. The number of nitrogens with two attached hydrogens (primary N) is 1. The molecule has 82 valence electrons. The Morgan fingerprint density at radius 3 is 2.87 bits per heavy atom. The Morgan fingerprint density at radius 1 is 1.53 bits per heavy atom. The van der Waals surface area contributed by atoms with E-state index in [1.54, 1.807) is 6.07 Å². The summed E-state index contributed by atoms with van der Waals surface area (Å²) in [4.78, 5) is 0. The van der Waals surface area contributed by atoms with Gasteiger partial charge in [-0.05, 0) is 18.2 Å². The van der Waals surface area contributed by atoms with Crippen molar-refractivity contribution in [3.8, 4) is 0 Å². The number of benzene rings is 1. The van der Waals surface area contributed by atoms with Crippen LogP contribution in [0.3, 0.4) is 0 Å². The van der Waals surface area contributed by atoms with Gasteiger partial charge in [0.25, 0.3) is 0 Å². The topological polar surface area (TPSA) is 70.6 Å². The number of nitrogens with zero attached hydrogens (tertiary/aromatic N) is 1. The molecule has 0 saturated carbocycles. The van der Waals surface area contributed by atoms with Crippen LogP contribution in [0, 0.1) is 5.82 Å². The summed E-state index contributed by atoms with van der Waals surface area (Å²) in [7, 11) is 0. The van der Waals surface area contributed by atoms with E-state index in [0.29, 0.717) is 23.7 Å². The molecule has 1 rings (SSSR count). The van der Waals surface area contributed by atoms with Gasteiger partial charge in [-0.1, -0.05) is 16.8 Å². The number of rotatable bonds is 4. The highest BCUT2D eigenvalue weighted by Crippen LogP contribution is 2.17. The van der Waals surface area contributed by atoms with Crippen LogP contribution in [-0.2, 0) is 0 Å². The van der Waals surface area contributed by atoms with Crippen LogP contribution in [0.5, 0.6) is 0 Å². The summed E-state index contributed by atoms with van der Waals surface area (Å²) in [5.41, 5.74) is 5.82. The van der Waals surface area contributed by atoms with E-state index in [-0.39, 0.29) is 5.84 Å². The highest BCUT2D eigenvalue weighted by atomic mass is 35.5. The van der Waals surface area contributed by atoms with Crippen LogP contribution in [0.1, 0.15) is 6.42 Å². The van der Waals surface area contributed by atoms with Crippen LogP contribution < -0.4 is 11.1 Å². The van der Waals surface area contributed by atoms with Gasteiger partial charge in [0, 0.05) is 23.7 Å². The van der Waals surface area contributed by atoms with Gasteiger partial charge in [0.05, 0.1) is 0 Å². The van der Waals surface area contributed by atoms with Crippen LogP contribution in [-0.4, -0.2) is 17.6 Å². The maximum absolute atomic E-state index is 12.9. The van der Waals surface area contributed by atoms with Crippen LogP contribution >= 0.6 is 11.6 Å². The summed E-state index contributed by atoms with van der Waals surface area (Å²) in [5.74, 6) is -0.293. The summed E-state index contributed by atoms with van der Waals surface area (Å²) >= 11 is 5.65. The van der Waals surface area contributed by atoms with Crippen molar-refractivity contribution >= 4 is 23.1 Å². The van der Waals surface area contributed by atoms with Gasteiger partial charge in [0.2, 0.25) is 0 Å². The highest BCUT2D eigenvalue weighted by molar-refractivity contribution is 6.30. The average molecular weight is 232 g/mol. The van der Waals surface area contributed by atoms with Crippen LogP contribution in [0.15, 0.2) is 23.4 Å². The molecule has 4 nitrogen and oxygen atoms in total. The predicted octanol–water partition coefficient (Wildman–Crippen LogP) is 2.03. The second-order valence-electron chi connectivity index (χ2n) is 2.93. The average Bonchev–Trinajstić information content (AvgIpc) is 2.16. The molecule has 4 N–H and O–H groups in total. The predicted molar refractivity (Wildman–Crippen MR) is 57.9 cm³/mol. The van der Waals surface area contributed by atoms with Gasteiger partial charge in [0.1, 0.15) is 11.7 Å². The number of nitrogens with one attached hydrogen (secondary N) is 1. The molecule has 0 aliphatic heterocycles. The fraction of sp³-hybridized carbons (Fsp3) is 0.222. The molecule has 0 unspecified atom stereocenters. The first-order chi connectivity index (χ1) is 7.11. The fourth-order valence-corrected chi connectivity index (χ4v) is 1.26. The molecule has 0 spiro atoms. The van der Waals surface area contributed by atoms with Crippen LogP contribution in [0.4, 0.5) is 10.1 Å². The van der Waals surface area contributed by atoms with Crippen molar-refractivity contribution in [3.05, 3.63) is 29.0 Å². The molecule has 0 fully saturated rings. The van der Waals surface area contributed by atoms with E-state index in [2.05, 4.69) is 10.5 Å². The molecular weight excluding hydrogens is 221 g/mol. The van der Waals surface area contributed by atoms with Gasteiger partial charge in [-0.15, -0.1) is 0 Å². The van der Waals surface area contributed by atoms with Crippen molar-refractivity contribution in [2.45, 2.75) is 6.42 Å². The molecule has 0 aliphatic carbocycles. The minimum absolute atomic E-state index is 0.116. The first-order valence-corrected chi connectivity index (χ1v) is 4.66. The maximum atomic E-state index is 12.9. The molecule has 0 aromatic heterocycles. The van der Waals surface area contributed by atoms with Gasteiger partial charge in [-0.3, -0.25) is 0 Å². The van der Waals surface area contributed by atoms with E-state index in [9.17, 15) is 4.39 Å². The van der Waals surface area contributed by atoms with Gasteiger partial charge in [0.15, 0.2) is 0 Å². The highest BCUT2D eigenvalue weighted by Gasteiger charge is 1.99. The van der Waals surface area contributed by atoms with Crippen molar-refractivity contribution in [3.63, 3.8) is 0 Å². The minimum Gasteiger partial charge on any atom is -0.409 e. The molecule has 0 atom stereocenters. The molecule has 6 heteroatoms. The fourth-order valence-electron chi connectivity index (χ4n) is 1.04. The molecule has 0 bridgehead atoms. The Morgan fingerprint density at radius 2 is 2.27 bits per heavy atom. The lowest BCUT2D eigenvalue weighted by Gasteiger charge is -2.06. The van der Waals surface area contributed by atoms with Crippen molar-refractivity contribution in [2.24, 2.45) is 10.9 Å². The lowest BCUT2D eigenvalue weighted by atomic mass is 10.3. The lowest BCUT2D eigenvalue weighted by molar-refractivity contribution is 0.317. The number of halogens is 2. The summed E-state index contributed by atoms with van der Waals surface area (Å²) in [6.45, 7) is 0.440. The number of hydrogen-bond acceptors (Lipinski definition) is 3. The number of anilines is 1. The van der Waals surface area contributed by atoms with Crippen molar-refractivity contribution in [2.75, 3.05) is 11.9 Å². The Hall–Kier alpha value is -1.49. The quantitative estimate of drug-likeness (QED) is 0.321. The summed E-state index contributed by atoms with van der Waals surface area (Å²) < 4.78 is 12.9. The Labute approximate surface area is 91.5 Å². The molecule has 0 aliphatic rings. The van der Waals surface area contributed by atoms with E-state index in [4.69, 9.17) is 22.5 Å². The van der Waals surface area contributed by atoms with Crippen LogP contribution in [0.2, 0.25) is 5.02 Å². The van der Waals surface area contributed by atoms with Crippen molar-refractivity contribution in [1.82, 2.24) is 0 Å². The monoisotopic (exact) mass is 231 g/mol. The first-order valence-electron chi connectivity index (χ1n) is 4.28. The van der Waals surface area contributed by atoms with E-state index < -0.39 is 5.82 Å². The molecule has 0 radical (unpaired) electrons. The third kappa shape index (κ3) is 4.03. The molecule has 0 saturated heterocycles. The van der Waals surface area contributed by atoms with Gasteiger partial charge in [-0.2, -0.15) is 0 Å². The van der Waals surface area contributed by atoms with Gasteiger partial charge < -0.3 is 16.3 Å². The summed E-state index contributed by atoms with van der Waals surface area (Å²) in [6.07, 6.45) is 0.366. The Balaban J connectivity index is 2.51. The van der Waals surface area contributed by atoms with Crippen LogP contribution in [0.25, 0.3) is 0 Å². The minimum atomic E-state index is -0.409. The van der Waals surface area contributed by atoms with Gasteiger partial charge in [-0.25, -0.2) is 4.39 Å². The Kier molecular flexibility index (Phi) is 4.17. The molecule has 0 amide bonds. The molecule has 15 heavy (non-hydrogen) atoms. The largest absolute Gasteiger partial charge is 0.409 e. The van der Waals surface area contributed by atoms with E-state index >= 15 is 0 Å². The lowest BCUT2D eigenvalue weighted by Crippen LogP contribution is -2.16. The number of amidine groups is 1. The Bertz CT molecular complexity index is 350. The molecule has 1 aromatic rings. The van der Waals surface area contributed by atoms with E-state index in [1.807, 2.05) is 0 Å². The standard InChI is InChI=1S/C9H11ClFN3O/c10-6-3-7(11)5-8(4-6)13-2-1-9(12)14-15/h3-5,13,15H,1-2H2,(H2,12,14). The van der Waals surface area contributed by atoms with Gasteiger partial charge >= 0.3 is 0 Å². The normalized spacial score (nSPS) is 11.5. The molecule has 1 aromatic carbocycles.